The summed E-state index contributed by atoms with van der Waals surface area (Å²) in [6.07, 6.45) is 0.346. The third-order valence-electron chi connectivity index (χ3n) is 6.60. The highest BCUT2D eigenvalue weighted by Crippen LogP contribution is 2.40. The zero-order valence-electron chi connectivity index (χ0n) is 20.2. The summed E-state index contributed by atoms with van der Waals surface area (Å²) >= 11 is 0. The molecule has 2 N–H and O–H groups in total. The van der Waals surface area contributed by atoms with Gasteiger partial charge < -0.3 is 20.1 Å². The highest BCUT2D eigenvalue weighted by atomic mass is 35.5. The summed E-state index contributed by atoms with van der Waals surface area (Å²) in [4.78, 5) is 13.1. The van der Waals surface area contributed by atoms with E-state index >= 15 is 0 Å². The zero-order chi connectivity index (χ0) is 25.2. The molecule has 0 fully saturated rings. The second kappa shape index (κ2) is 11.2. The van der Waals surface area contributed by atoms with Crippen LogP contribution in [0.15, 0.2) is 78.9 Å². The molecule has 0 saturated carbocycles. The molecule has 5 nitrogen and oxygen atoms in total. The number of carboxylic acids is 1. The van der Waals surface area contributed by atoms with Crippen molar-refractivity contribution in [3.63, 3.8) is 0 Å². The van der Waals surface area contributed by atoms with Gasteiger partial charge in [-0.25, -0.2) is 13.6 Å². The van der Waals surface area contributed by atoms with Crippen LogP contribution in [0.3, 0.4) is 0 Å². The number of benzene rings is 4. The molecule has 0 radical (unpaired) electrons. The molecule has 5 rings (SSSR count). The van der Waals surface area contributed by atoms with Crippen LogP contribution >= 0.6 is 12.4 Å². The van der Waals surface area contributed by atoms with Crippen LogP contribution in [0.1, 0.15) is 35.3 Å². The summed E-state index contributed by atoms with van der Waals surface area (Å²) in [5.41, 5.74) is 1.25. The van der Waals surface area contributed by atoms with E-state index in [1.165, 1.54) is 16.3 Å². The lowest BCUT2D eigenvalue weighted by Gasteiger charge is -2.36. The third-order valence-corrected chi connectivity index (χ3v) is 6.60. The van der Waals surface area contributed by atoms with Crippen molar-refractivity contribution in [1.82, 2.24) is 5.32 Å². The summed E-state index contributed by atoms with van der Waals surface area (Å²) in [7, 11) is 0. The number of nitrogens with one attached hydrogen (secondary N) is 1. The smallest absolute Gasteiger partial charge is 0.338 e. The Morgan fingerprint density at radius 3 is 2.57 bits per heavy atom. The predicted octanol–water partition coefficient (Wildman–Crippen LogP) is 6.88. The molecule has 4 aromatic rings. The highest BCUT2D eigenvalue weighted by molar-refractivity contribution is 5.90. The molecule has 8 heteroatoms. The number of anilines is 2. The normalized spacial score (nSPS) is 15.4. The monoisotopic (exact) mass is 524 g/mol. The van der Waals surface area contributed by atoms with Gasteiger partial charge >= 0.3 is 5.97 Å². The van der Waals surface area contributed by atoms with Crippen LogP contribution in [0.25, 0.3) is 10.8 Å². The van der Waals surface area contributed by atoms with Gasteiger partial charge in [-0.05, 0) is 54.4 Å². The minimum atomic E-state index is -1.45. The fourth-order valence-electron chi connectivity index (χ4n) is 4.78. The van der Waals surface area contributed by atoms with Crippen molar-refractivity contribution < 1.29 is 23.4 Å². The second-order valence-electron chi connectivity index (χ2n) is 8.94. The third kappa shape index (κ3) is 5.38. The van der Waals surface area contributed by atoms with Gasteiger partial charge in [-0.1, -0.05) is 54.6 Å². The lowest BCUT2D eigenvalue weighted by atomic mass is 9.99. The van der Waals surface area contributed by atoms with Crippen molar-refractivity contribution in [2.45, 2.75) is 25.5 Å². The molecule has 0 spiro atoms. The van der Waals surface area contributed by atoms with E-state index < -0.39 is 23.2 Å². The molecule has 1 aliphatic rings. The molecule has 0 saturated heterocycles. The Labute approximate surface area is 220 Å². The Hall–Kier alpha value is -3.68. The molecule has 0 bridgehead atoms. The minimum absolute atomic E-state index is 0. The van der Waals surface area contributed by atoms with E-state index in [4.69, 9.17) is 4.74 Å². The fourth-order valence-corrected chi connectivity index (χ4v) is 4.78. The molecule has 0 aromatic heterocycles. The predicted molar refractivity (Wildman–Crippen MR) is 143 cm³/mol. The highest BCUT2D eigenvalue weighted by Gasteiger charge is 2.29. The second-order valence-corrected chi connectivity index (χ2v) is 8.94. The number of para-hydroxylation sites is 2. The number of halogens is 3. The fraction of sp³-hybridized carbons (Fsp3) is 0.207. The first-order valence-corrected chi connectivity index (χ1v) is 11.9. The Morgan fingerprint density at radius 1 is 1.03 bits per heavy atom. The van der Waals surface area contributed by atoms with Gasteiger partial charge in [0.15, 0.2) is 0 Å². The first kappa shape index (κ1) is 26.4. The summed E-state index contributed by atoms with van der Waals surface area (Å²) in [6.45, 7) is 3.06. The molecule has 1 unspecified atom stereocenters. The van der Waals surface area contributed by atoms with Crippen molar-refractivity contribution >= 4 is 40.5 Å². The number of rotatable bonds is 7. The van der Waals surface area contributed by atoms with Crippen LogP contribution in [0.2, 0.25) is 0 Å². The Kier molecular flexibility index (Phi) is 7.95. The van der Waals surface area contributed by atoms with E-state index in [2.05, 4.69) is 42.6 Å². The minimum Gasteiger partial charge on any atom is -0.486 e. The van der Waals surface area contributed by atoms with Gasteiger partial charge in [0.25, 0.3) is 0 Å². The molecule has 37 heavy (non-hydrogen) atoms. The van der Waals surface area contributed by atoms with E-state index in [0.29, 0.717) is 37.0 Å². The lowest BCUT2D eigenvalue weighted by molar-refractivity contribution is 0.0692. The Morgan fingerprint density at radius 2 is 1.76 bits per heavy atom. The van der Waals surface area contributed by atoms with E-state index in [-0.39, 0.29) is 30.2 Å². The Balaban J connectivity index is 0.00000320. The van der Waals surface area contributed by atoms with E-state index in [1.54, 1.807) is 23.1 Å². The van der Waals surface area contributed by atoms with Crippen molar-refractivity contribution in [3.05, 3.63) is 102 Å². The molecule has 4 aromatic carbocycles. The van der Waals surface area contributed by atoms with E-state index in [9.17, 15) is 18.7 Å². The van der Waals surface area contributed by atoms with Gasteiger partial charge in [-0.2, -0.15) is 0 Å². The van der Waals surface area contributed by atoms with Gasteiger partial charge in [-0.15, -0.1) is 12.4 Å². The van der Waals surface area contributed by atoms with Crippen molar-refractivity contribution in [3.8, 4) is 5.75 Å². The number of carboxylic acid groups (broad SMARTS) is 1. The quantitative estimate of drug-likeness (QED) is 0.276. The number of hydrogen-bond acceptors (Lipinski definition) is 4. The van der Waals surface area contributed by atoms with Crippen molar-refractivity contribution in [1.29, 1.82) is 0 Å². The molecule has 1 heterocycles. The maximum atomic E-state index is 14.8. The van der Waals surface area contributed by atoms with Crippen LogP contribution < -0.4 is 15.0 Å². The topological polar surface area (TPSA) is 61.8 Å². The first-order chi connectivity index (χ1) is 17.4. The van der Waals surface area contributed by atoms with Crippen molar-refractivity contribution in [2.75, 3.05) is 18.0 Å². The zero-order valence-corrected chi connectivity index (χ0v) is 21.0. The number of nitrogens with zero attached hydrogens (tertiary/aromatic N) is 1. The summed E-state index contributed by atoms with van der Waals surface area (Å²) in [5.74, 6) is -2.81. The maximum Gasteiger partial charge on any atom is 0.338 e. The van der Waals surface area contributed by atoms with Gasteiger partial charge in [0.1, 0.15) is 23.5 Å². The SMILES string of the molecule is C[C@@H](NCCC1CN(c2cc(C(=O)O)c(F)cc2F)c2ccccc2O1)c1cccc2ccccc12.Cl. The van der Waals surface area contributed by atoms with Gasteiger partial charge in [0, 0.05) is 12.1 Å². The Bertz CT molecular complexity index is 1430. The van der Waals surface area contributed by atoms with E-state index in [1.807, 2.05) is 18.2 Å². The van der Waals surface area contributed by atoms with Crippen LogP contribution in [-0.2, 0) is 0 Å². The van der Waals surface area contributed by atoms with Gasteiger partial charge in [0.05, 0.1) is 23.5 Å². The summed E-state index contributed by atoms with van der Waals surface area (Å²) in [5, 5.41) is 15.3. The summed E-state index contributed by atoms with van der Waals surface area (Å²) in [6, 6.07) is 23.5. The standard InChI is InChI=1S/C29H26F2N2O3.ClH/c1-18(21-10-6-8-19-7-2-3-9-22(19)21)32-14-13-20-17-33(26-11-4-5-12-28(26)36-20)27-15-23(29(34)35)24(30)16-25(27)31;/h2-12,15-16,18,20,32H,13-14,17H2,1H3,(H,34,35);1H/t18-,20?;/m1./s1. The first-order valence-electron chi connectivity index (χ1n) is 11.9. The van der Waals surface area contributed by atoms with Crippen LogP contribution in [0.5, 0.6) is 5.75 Å². The average molecular weight is 525 g/mol. The molecule has 192 valence electrons. The molecule has 0 aliphatic carbocycles. The van der Waals surface area contributed by atoms with Crippen LogP contribution in [-0.4, -0.2) is 30.3 Å². The van der Waals surface area contributed by atoms with Crippen LogP contribution in [0, 0.1) is 11.6 Å². The van der Waals surface area contributed by atoms with Gasteiger partial charge in [0.2, 0.25) is 0 Å². The average Bonchev–Trinajstić information content (AvgIpc) is 2.87. The van der Waals surface area contributed by atoms with E-state index in [0.717, 1.165) is 6.07 Å². The number of hydrogen-bond donors (Lipinski definition) is 2. The number of carbonyl (C=O) groups is 1. The molecular weight excluding hydrogens is 498 g/mol. The van der Waals surface area contributed by atoms with Crippen LogP contribution in [0.4, 0.5) is 20.2 Å². The number of fused-ring (bicyclic) bond motifs is 2. The summed E-state index contributed by atoms with van der Waals surface area (Å²) < 4.78 is 35.1. The number of ether oxygens (including phenoxy) is 1. The molecule has 2 atom stereocenters. The molecule has 1 aliphatic heterocycles. The largest absolute Gasteiger partial charge is 0.486 e. The van der Waals surface area contributed by atoms with Crippen molar-refractivity contribution in [2.24, 2.45) is 0 Å². The molecule has 0 amide bonds. The molecular formula is C29H27ClF2N2O3. The lowest BCUT2D eigenvalue weighted by Crippen LogP contribution is -2.39. The maximum absolute atomic E-state index is 14.8. The van der Waals surface area contributed by atoms with Gasteiger partial charge in [-0.3, -0.25) is 0 Å². The number of aromatic carboxylic acids is 1.